The van der Waals surface area contributed by atoms with Crippen LogP contribution in [0.1, 0.15) is 40.5 Å². The average Bonchev–Trinajstić information content (AvgIpc) is 3.07. The molecular weight excluding hydrogens is 270 g/mol. The van der Waals surface area contributed by atoms with Gasteiger partial charge in [-0.05, 0) is 25.0 Å². The normalized spacial score (nSPS) is 14.7. The lowest BCUT2D eigenvalue weighted by Crippen LogP contribution is -2.00. The monoisotopic (exact) mass is 283 g/mol. The molecule has 0 amide bonds. The molecule has 4 rings (SSSR count). The van der Waals surface area contributed by atoms with Crippen molar-refractivity contribution >= 4 is 11.6 Å². The summed E-state index contributed by atoms with van der Waals surface area (Å²) in [6, 6.07) is 4.00. The minimum absolute atomic E-state index is 0.174. The summed E-state index contributed by atoms with van der Waals surface area (Å²) in [5, 5.41) is 17.5. The van der Waals surface area contributed by atoms with Gasteiger partial charge in [-0.15, -0.1) is 0 Å². The van der Waals surface area contributed by atoms with E-state index in [9.17, 15) is 4.79 Å². The highest BCUT2D eigenvalue weighted by molar-refractivity contribution is 5.86. The Morgan fingerprint density at radius 2 is 2.19 bits per heavy atom. The summed E-state index contributed by atoms with van der Waals surface area (Å²) >= 11 is 0. The molecule has 7 nitrogen and oxygen atoms in total. The maximum atomic E-state index is 10.8. The van der Waals surface area contributed by atoms with Crippen LogP contribution in [-0.2, 0) is 6.54 Å². The first kappa shape index (κ1) is 12.1. The number of nitrogens with zero attached hydrogens (tertiary/aromatic N) is 5. The summed E-state index contributed by atoms with van der Waals surface area (Å²) in [4.78, 5) is 15.3. The van der Waals surface area contributed by atoms with Crippen molar-refractivity contribution in [3.8, 4) is 0 Å². The lowest BCUT2D eigenvalue weighted by Gasteiger charge is -1.96. The Balaban J connectivity index is 1.61. The van der Waals surface area contributed by atoms with Crippen molar-refractivity contribution in [1.82, 2.24) is 24.4 Å². The number of rotatable bonds is 4. The van der Waals surface area contributed by atoms with Gasteiger partial charge in [0, 0.05) is 12.1 Å². The molecule has 1 N–H and O–H groups in total. The Morgan fingerprint density at radius 1 is 1.33 bits per heavy atom. The number of hydrogen-bond acceptors (Lipinski definition) is 4. The van der Waals surface area contributed by atoms with Gasteiger partial charge in [0.2, 0.25) is 0 Å². The lowest BCUT2D eigenvalue weighted by molar-refractivity contribution is 0.0697. The molecule has 0 aliphatic heterocycles. The first-order chi connectivity index (χ1) is 10.2. The van der Waals surface area contributed by atoms with E-state index in [1.807, 2.05) is 18.3 Å². The average molecular weight is 283 g/mol. The summed E-state index contributed by atoms with van der Waals surface area (Å²) < 4.78 is 3.34. The zero-order valence-electron chi connectivity index (χ0n) is 11.2. The molecule has 7 heteroatoms. The number of aromatic nitrogens is 5. The van der Waals surface area contributed by atoms with Crippen LogP contribution in [0, 0.1) is 0 Å². The first-order valence-electron chi connectivity index (χ1n) is 6.80. The number of fused-ring (bicyclic) bond motifs is 1. The Hall–Kier alpha value is -2.70. The summed E-state index contributed by atoms with van der Waals surface area (Å²) in [5.41, 5.74) is 2.88. The lowest BCUT2D eigenvalue weighted by atomic mass is 10.3. The topological polar surface area (TPSA) is 85.3 Å². The predicted octanol–water partition coefficient (Wildman–Crippen LogP) is 1.55. The molecule has 3 heterocycles. The fourth-order valence-corrected chi connectivity index (χ4v) is 2.35. The number of carbonyl (C=O) groups is 1. The number of hydrogen-bond donors (Lipinski definition) is 1. The number of carboxylic acid groups (broad SMARTS) is 1. The second-order valence-electron chi connectivity index (χ2n) is 5.30. The van der Waals surface area contributed by atoms with Crippen molar-refractivity contribution in [3.63, 3.8) is 0 Å². The largest absolute Gasteiger partial charge is 0.478 e. The molecule has 3 aromatic heterocycles. The second kappa shape index (κ2) is 4.41. The van der Waals surface area contributed by atoms with Crippen molar-refractivity contribution in [2.75, 3.05) is 0 Å². The fraction of sp³-hybridized carbons (Fsp3) is 0.286. The van der Waals surface area contributed by atoms with Crippen LogP contribution in [0.2, 0.25) is 0 Å². The highest BCUT2D eigenvalue weighted by Gasteiger charge is 2.25. The van der Waals surface area contributed by atoms with E-state index in [0.29, 0.717) is 12.5 Å². The number of carboxylic acids is 1. The zero-order chi connectivity index (χ0) is 14.4. The van der Waals surface area contributed by atoms with Gasteiger partial charge in [-0.25, -0.2) is 14.3 Å². The third-order valence-corrected chi connectivity index (χ3v) is 3.59. The van der Waals surface area contributed by atoms with Crippen LogP contribution >= 0.6 is 0 Å². The van der Waals surface area contributed by atoms with Gasteiger partial charge in [-0.1, -0.05) is 0 Å². The SMILES string of the molecule is O=C(O)c1cnn(Cc2cn3nc(C4CC4)ccc3n2)c1. The molecule has 1 aliphatic rings. The highest BCUT2D eigenvalue weighted by atomic mass is 16.4. The summed E-state index contributed by atoms with van der Waals surface area (Å²) in [6.45, 7) is 0.426. The van der Waals surface area contributed by atoms with Crippen LogP contribution in [0.3, 0.4) is 0 Å². The van der Waals surface area contributed by atoms with Crippen LogP contribution in [-0.4, -0.2) is 35.5 Å². The van der Waals surface area contributed by atoms with Gasteiger partial charge in [0.25, 0.3) is 0 Å². The predicted molar refractivity (Wildman–Crippen MR) is 73.3 cm³/mol. The summed E-state index contributed by atoms with van der Waals surface area (Å²) in [6.07, 6.45) is 7.12. The fourth-order valence-electron chi connectivity index (χ4n) is 2.35. The maximum Gasteiger partial charge on any atom is 0.338 e. The Morgan fingerprint density at radius 3 is 2.90 bits per heavy atom. The summed E-state index contributed by atoms with van der Waals surface area (Å²) in [5.74, 6) is -0.378. The van der Waals surface area contributed by atoms with E-state index in [4.69, 9.17) is 5.11 Å². The highest BCUT2D eigenvalue weighted by Crippen LogP contribution is 2.38. The molecule has 0 bridgehead atoms. The smallest absolute Gasteiger partial charge is 0.338 e. The number of aromatic carboxylic acids is 1. The molecule has 1 saturated carbocycles. The second-order valence-corrected chi connectivity index (χ2v) is 5.30. The van der Waals surface area contributed by atoms with Crippen molar-refractivity contribution in [2.45, 2.75) is 25.3 Å². The van der Waals surface area contributed by atoms with Crippen LogP contribution in [0.25, 0.3) is 5.65 Å². The van der Waals surface area contributed by atoms with E-state index >= 15 is 0 Å². The minimum Gasteiger partial charge on any atom is -0.478 e. The Bertz CT molecular complexity index is 831. The molecule has 0 atom stereocenters. The first-order valence-corrected chi connectivity index (χ1v) is 6.80. The van der Waals surface area contributed by atoms with Gasteiger partial charge in [0.1, 0.15) is 0 Å². The van der Waals surface area contributed by atoms with Gasteiger partial charge in [-0.2, -0.15) is 10.2 Å². The van der Waals surface area contributed by atoms with E-state index in [2.05, 4.69) is 15.2 Å². The van der Waals surface area contributed by atoms with Crippen molar-refractivity contribution in [2.24, 2.45) is 0 Å². The van der Waals surface area contributed by atoms with E-state index < -0.39 is 5.97 Å². The van der Waals surface area contributed by atoms with Crippen LogP contribution in [0.4, 0.5) is 0 Å². The van der Waals surface area contributed by atoms with Gasteiger partial charge < -0.3 is 5.11 Å². The van der Waals surface area contributed by atoms with Gasteiger partial charge in [0.15, 0.2) is 5.65 Å². The van der Waals surface area contributed by atoms with Gasteiger partial charge in [-0.3, -0.25) is 4.68 Å². The molecule has 3 aromatic rings. The molecule has 1 aliphatic carbocycles. The standard InChI is InChI=1S/C14H13N5O2/c20-14(21)10-5-15-18(6-10)7-11-8-19-13(16-11)4-3-12(17-19)9-1-2-9/h3-6,8-9H,1-2,7H2,(H,20,21). The molecule has 0 saturated heterocycles. The van der Waals surface area contributed by atoms with Crippen LogP contribution in [0.5, 0.6) is 0 Å². The molecule has 0 aromatic carbocycles. The van der Waals surface area contributed by atoms with Crippen molar-refractivity contribution < 1.29 is 9.90 Å². The molecular formula is C14H13N5O2. The Labute approximate surface area is 119 Å². The van der Waals surface area contributed by atoms with Crippen molar-refractivity contribution in [3.05, 3.63) is 47.7 Å². The van der Waals surface area contributed by atoms with Gasteiger partial charge >= 0.3 is 5.97 Å². The Kier molecular flexibility index (Phi) is 2.53. The van der Waals surface area contributed by atoms with E-state index in [-0.39, 0.29) is 5.56 Å². The van der Waals surface area contributed by atoms with E-state index in [1.165, 1.54) is 25.2 Å². The van der Waals surface area contributed by atoms with Crippen molar-refractivity contribution in [1.29, 1.82) is 0 Å². The summed E-state index contributed by atoms with van der Waals surface area (Å²) in [7, 11) is 0. The number of imidazole rings is 1. The van der Waals surface area contributed by atoms with E-state index in [1.54, 1.807) is 9.20 Å². The molecule has 0 spiro atoms. The molecule has 21 heavy (non-hydrogen) atoms. The maximum absolute atomic E-state index is 10.8. The van der Waals surface area contributed by atoms with Crippen LogP contribution in [0.15, 0.2) is 30.7 Å². The van der Waals surface area contributed by atoms with Gasteiger partial charge in [0.05, 0.1) is 35.9 Å². The quantitative estimate of drug-likeness (QED) is 0.785. The molecule has 0 radical (unpaired) electrons. The molecule has 106 valence electrons. The van der Waals surface area contributed by atoms with Crippen LogP contribution < -0.4 is 0 Å². The zero-order valence-corrected chi connectivity index (χ0v) is 11.2. The minimum atomic E-state index is -0.980. The molecule has 1 fully saturated rings. The third-order valence-electron chi connectivity index (χ3n) is 3.59. The molecule has 0 unspecified atom stereocenters. The van der Waals surface area contributed by atoms with E-state index in [0.717, 1.165) is 17.0 Å². The third kappa shape index (κ3) is 2.26.